The molecule has 1 heterocycles. The Labute approximate surface area is 78.3 Å². The Kier molecular flexibility index (Phi) is 2.66. The standard InChI is InChI=1S/C10H14N2O/c1-10(2,3)9(13)11-12-7-5-4-6-8-12/h4-8H,1-3H3. The second kappa shape index (κ2) is 3.56. The van der Waals surface area contributed by atoms with Crippen molar-refractivity contribution < 1.29 is 9.78 Å². The van der Waals surface area contributed by atoms with E-state index in [9.17, 15) is 5.11 Å². The molecule has 3 nitrogen and oxygen atoms in total. The first-order valence-electron chi connectivity index (χ1n) is 4.23. The van der Waals surface area contributed by atoms with Gasteiger partial charge in [0, 0.05) is 18.0 Å². The van der Waals surface area contributed by atoms with E-state index in [1.807, 2.05) is 39.0 Å². The van der Waals surface area contributed by atoms with E-state index in [0.29, 0.717) is 0 Å². The maximum Gasteiger partial charge on any atom is 0.202 e. The summed E-state index contributed by atoms with van der Waals surface area (Å²) in [5.41, 5.74) is -0.414. The molecule has 1 aromatic rings. The zero-order valence-corrected chi connectivity index (χ0v) is 8.19. The molecule has 0 bridgehead atoms. The van der Waals surface area contributed by atoms with Gasteiger partial charge in [0.05, 0.1) is 0 Å². The lowest BCUT2D eigenvalue weighted by Gasteiger charge is -2.22. The molecule has 3 heteroatoms. The predicted octanol–water partition coefficient (Wildman–Crippen LogP) is 0.542. The van der Waals surface area contributed by atoms with Gasteiger partial charge in [-0.05, 0) is 10.5 Å². The Hall–Kier alpha value is -1.38. The van der Waals surface area contributed by atoms with E-state index in [-0.39, 0.29) is 5.90 Å². The summed E-state index contributed by atoms with van der Waals surface area (Å²) >= 11 is 0. The summed E-state index contributed by atoms with van der Waals surface area (Å²) in [7, 11) is 0. The predicted molar refractivity (Wildman–Crippen MR) is 48.9 cm³/mol. The Morgan fingerprint density at radius 2 is 1.69 bits per heavy atom. The molecule has 0 fully saturated rings. The molecule has 0 amide bonds. The normalized spacial score (nSPS) is 13.0. The first-order valence-corrected chi connectivity index (χ1v) is 4.23. The number of pyridine rings is 1. The van der Waals surface area contributed by atoms with Crippen molar-refractivity contribution in [1.29, 1.82) is 0 Å². The molecule has 0 unspecified atom stereocenters. The maximum absolute atomic E-state index is 11.4. The molecule has 1 aromatic heterocycles. The van der Waals surface area contributed by atoms with Crippen molar-refractivity contribution in [3.05, 3.63) is 30.6 Å². The van der Waals surface area contributed by atoms with Crippen LogP contribution in [0.5, 0.6) is 0 Å². The van der Waals surface area contributed by atoms with Crippen molar-refractivity contribution in [2.24, 2.45) is 10.5 Å². The summed E-state index contributed by atoms with van der Waals surface area (Å²) in [6.07, 6.45) is 3.48. The van der Waals surface area contributed by atoms with Gasteiger partial charge in [0.2, 0.25) is 12.4 Å². The average molecular weight is 178 g/mol. The number of hydrogen-bond acceptors (Lipinski definition) is 2. The highest BCUT2D eigenvalue weighted by Gasteiger charge is 2.12. The van der Waals surface area contributed by atoms with Gasteiger partial charge in [-0.1, -0.05) is 31.5 Å². The molecule has 13 heavy (non-hydrogen) atoms. The molecule has 0 aromatic carbocycles. The summed E-state index contributed by atoms with van der Waals surface area (Å²) in [6, 6.07) is 5.55. The van der Waals surface area contributed by atoms with E-state index in [4.69, 9.17) is 0 Å². The van der Waals surface area contributed by atoms with Crippen LogP contribution in [0.1, 0.15) is 20.8 Å². The highest BCUT2D eigenvalue weighted by Crippen LogP contribution is 2.11. The van der Waals surface area contributed by atoms with Crippen molar-refractivity contribution >= 4 is 5.90 Å². The SMILES string of the molecule is CC(C)(C)/C([O-])=N/[n+]1ccccc1. The highest BCUT2D eigenvalue weighted by atomic mass is 16.3. The minimum atomic E-state index is -0.414. The van der Waals surface area contributed by atoms with Gasteiger partial charge in [-0.3, -0.25) is 0 Å². The molecular formula is C10H14N2O. The number of aromatic nitrogens is 1. The molecule has 1 rings (SSSR count). The summed E-state index contributed by atoms with van der Waals surface area (Å²) < 4.78 is 1.52. The number of hydrogen-bond donors (Lipinski definition) is 0. The van der Waals surface area contributed by atoms with Crippen LogP contribution in [0.3, 0.4) is 0 Å². The van der Waals surface area contributed by atoms with Crippen LogP contribution in [0.15, 0.2) is 35.7 Å². The van der Waals surface area contributed by atoms with E-state index in [1.54, 1.807) is 12.4 Å². The van der Waals surface area contributed by atoms with Crippen LogP contribution in [-0.2, 0) is 0 Å². The van der Waals surface area contributed by atoms with Crippen LogP contribution in [0.2, 0.25) is 0 Å². The fourth-order valence-electron chi connectivity index (χ4n) is 0.711. The third kappa shape index (κ3) is 2.86. The Morgan fingerprint density at radius 3 is 2.15 bits per heavy atom. The molecule has 0 N–H and O–H groups in total. The Morgan fingerprint density at radius 1 is 1.15 bits per heavy atom. The lowest BCUT2D eigenvalue weighted by atomic mass is 9.97. The zero-order valence-electron chi connectivity index (χ0n) is 8.19. The fraction of sp³-hybridized carbons (Fsp3) is 0.400. The Bertz CT molecular complexity index is 298. The Balaban J connectivity index is 2.90. The summed E-state index contributed by atoms with van der Waals surface area (Å²) in [4.78, 5) is 0. The summed E-state index contributed by atoms with van der Waals surface area (Å²) in [5.74, 6) is -0.122. The van der Waals surface area contributed by atoms with E-state index in [2.05, 4.69) is 5.10 Å². The smallest absolute Gasteiger partial charge is 0.202 e. The average Bonchev–Trinajstić information content (AvgIpc) is 2.04. The quantitative estimate of drug-likeness (QED) is 0.351. The second-order valence-corrected chi connectivity index (χ2v) is 3.91. The van der Waals surface area contributed by atoms with Crippen molar-refractivity contribution in [2.75, 3.05) is 0 Å². The third-order valence-corrected chi connectivity index (χ3v) is 1.55. The first-order chi connectivity index (χ1) is 6.00. The molecule has 0 radical (unpaired) electrons. The topological polar surface area (TPSA) is 39.3 Å². The van der Waals surface area contributed by atoms with Gasteiger partial charge in [-0.15, -0.1) is 0 Å². The molecule has 0 saturated carbocycles. The van der Waals surface area contributed by atoms with E-state index in [1.165, 1.54) is 4.68 Å². The minimum absolute atomic E-state index is 0.122. The maximum atomic E-state index is 11.4. The fourth-order valence-corrected chi connectivity index (χ4v) is 0.711. The third-order valence-electron chi connectivity index (χ3n) is 1.55. The van der Waals surface area contributed by atoms with Gasteiger partial charge in [0.15, 0.2) is 0 Å². The van der Waals surface area contributed by atoms with Crippen LogP contribution < -0.4 is 9.78 Å². The van der Waals surface area contributed by atoms with Gasteiger partial charge in [0.25, 0.3) is 0 Å². The van der Waals surface area contributed by atoms with Crippen LogP contribution in [0.25, 0.3) is 0 Å². The van der Waals surface area contributed by atoms with Crippen LogP contribution in [0, 0.1) is 5.41 Å². The van der Waals surface area contributed by atoms with Gasteiger partial charge in [-0.25, -0.2) is 0 Å². The lowest BCUT2D eigenvalue weighted by molar-refractivity contribution is -0.682. The molecule has 0 spiro atoms. The second-order valence-electron chi connectivity index (χ2n) is 3.91. The molecule has 0 aliphatic heterocycles. The molecular weight excluding hydrogens is 164 g/mol. The van der Waals surface area contributed by atoms with Gasteiger partial charge in [0.1, 0.15) is 0 Å². The van der Waals surface area contributed by atoms with Crippen molar-refractivity contribution in [1.82, 2.24) is 0 Å². The molecule has 0 atom stereocenters. The van der Waals surface area contributed by atoms with Crippen LogP contribution >= 0.6 is 0 Å². The van der Waals surface area contributed by atoms with E-state index in [0.717, 1.165) is 0 Å². The molecule has 0 aliphatic carbocycles. The van der Waals surface area contributed by atoms with Crippen molar-refractivity contribution in [2.45, 2.75) is 20.8 Å². The van der Waals surface area contributed by atoms with E-state index < -0.39 is 5.41 Å². The van der Waals surface area contributed by atoms with Crippen molar-refractivity contribution in [3.63, 3.8) is 0 Å². The monoisotopic (exact) mass is 178 g/mol. The molecule has 70 valence electrons. The summed E-state index contributed by atoms with van der Waals surface area (Å²) in [6.45, 7) is 5.55. The zero-order chi connectivity index (χ0) is 9.90. The van der Waals surface area contributed by atoms with Crippen molar-refractivity contribution in [3.8, 4) is 0 Å². The van der Waals surface area contributed by atoms with E-state index >= 15 is 0 Å². The van der Waals surface area contributed by atoms with Gasteiger partial charge in [-0.2, -0.15) is 0 Å². The number of rotatable bonds is 1. The first kappa shape index (κ1) is 9.71. The molecule has 0 aliphatic rings. The summed E-state index contributed by atoms with van der Waals surface area (Å²) in [5, 5.41) is 15.4. The lowest BCUT2D eigenvalue weighted by Crippen LogP contribution is -2.39. The van der Waals surface area contributed by atoms with Crippen LogP contribution in [-0.4, -0.2) is 5.90 Å². The van der Waals surface area contributed by atoms with Gasteiger partial charge >= 0.3 is 0 Å². The largest absolute Gasteiger partial charge is 0.857 e. The van der Waals surface area contributed by atoms with Gasteiger partial charge < -0.3 is 5.11 Å². The minimum Gasteiger partial charge on any atom is -0.857 e. The molecule has 0 saturated heterocycles. The van der Waals surface area contributed by atoms with Crippen LogP contribution in [0.4, 0.5) is 0 Å². The highest BCUT2D eigenvalue weighted by molar-refractivity contribution is 5.76. The number of nitrogens with zero attached hydrogens (tertiary/aromatic N) is 2.